The Bertz CT molecular complexity index is 1180. The Kier molecular flexibility index (Phi) is 7.12. The largest absolute Gasteiger partial charge is 0.477 e. The molecule has 0 aromatic carbocycles. The van der Waals surface area contributed by atoms with Crippen LogP contribution in [0.5, 0.6) is 5.88 Å². The molecule has 1 aliphatic heterocycles. The minimum Gasteiger partial charge on any atom is -0.477 e. The number of nitrogens with two attached hydrogens (primary N) is 2. The maximum Gasteiger partial charge on any atom is 0.276 e. The number of aromatic nitrogens is 4. The second-order valence-corrected chi connectivity index (χ2v) is 8.04. The molecule has 1 atom stereocenters. The zero-order chi connectivity index (χ0) is 24.1. The summed E-state index contributed by atoms with van der Waals surface area (Å²) in [5.74, 6) is -1.08. The van der Waals surface area contributed by atoms with E-state index in [0.29, 0.717) is 18.8 Å². The SMILES string of the molecule is CCCOc1cncc(-c2nc(C(=O)Nc3cnccc3N3CCCC(N)C3)c(N)cc2F)n1. The standard InChI is InChI=1S/C23H27FN8O2/c1-2-8-34-20-12-28-11-18(29-20)21-15(24)9-16(26)22(31-21)23(33)30-17-10-27-6-5-19(17)32-7-3-4-14(25)13-32/h5-6,9-12,14H,2-4,7-8,13,25-26H2,1H3,(H,30,33). The number of carbonyl (C=O) groups is 1. The van der Waals surface area contributed by atoms with Crippen LogP contribution in [0, 0.1) is 5.82 Å². The lowest BCUT2D eigenvalue weighted by molar-refractivity contribution is 0.102. The summed E-state index contributed by atoms with van der Waals surface area (Å²) in [6.07, 6.45) is 8.67. The number of hydrogen-bond donors (Lipinski definition) is 3. The third-order valence-electron chi connectivity index (χ3n) is 5.37. The van der Waals surface area contributed by atoms with Crippen LogP contribution in [-0.4, -0.2) is 51.6 Å². The van der Waals surface area contributed by atoms with Crippen molar-refractivity contribution in [2.24, 2.45) is 5.73 Å². The maximum absolute atomic E-state index is 14.7. The van der Waals surface area contributed by atoms with Gasteiger partial charge in [0.15, 0.2) is 11.5 Å². The predicted molar refractivity (Wildman–Crippen MR) is 127 cm³/mol. The van der Waals surface area contributed by atoms with Gasteiger partial charge in [0, 0.05) is 31.4 Å². The second kappa shape index (κ2) is 10.4. The number of nitrogens with one attached hydrogen (secondary N) is 1. The molecule has 0 spiro atoms. The highest BCUT2D eigenvalue weighted by Gasteiger charge is 2.23. The number of hydrogen-bond acceptors (Lipinski definition) is 9. The highest BCUT2D eigenvalue weighted by molar-refractivity contribution is 6.07. The molecule has 1 amide bonds. The Morgan fingerprint density at radius 2 is 2.15 bits per heavy atom. The average Bonchev–Trinajstić information content (AvgIpc) is 2.83. The Hall–Kier alpha value is -3.86. The van der Waals surface area contributed by atoms with Crippen LogP contribution < -0.4 is 26.4 Å². The minimum atomic E-state index is -0.722. The fourth-order valence-corrected chi connectivity index (χ4v) is 3.77. The first kappa shape index (κ1) is 23.3. The number of anilines is 3. The van der Waals surface area contributed by atoms with Gasteiger partial charge in [-0.25, -0.2) is 14.4 Å². The number of halogens is 1. The molecule has 3 aromatic rings. The Labute approximate surface area is 196 Å². The summed E-state index contributed by atoms with van der Waals surface area (Å²) >= 11 is 0. The van der Waals surface area contributed by atoms with Crippen molar-refractivity contribution in [2.75, 3.05) is 35.6 Å². The lowest BCUT2D eigenvalue weighted by atomic mass is 10.1. The van der Waals surface area contributed by atoms with Crippen molar-refractivity contribution in [1.29, 1.82) is 0 Å². The van der Waals surface area contributed by atoms with Crippen LogP contribution in [-0.2, 0) is 0 Å². The van der Waals surface area contributed by atoms with E-state index in [9.17, 15) is 9.18 Å². The van der Waals surface area contributed by atoms with E-state index in [2.05, 4.69) is 30.2 Å². The van der Waals surface area contributed by atoms with Gasteiger partial charge < -0.3 is 26.4 Å². The van der Waals surface area contributed by atoms with Crippen LogP contribution in [0.1, 0.15) is 36.7 Å². The number of carbonyl (C=O) groups excluding carboxylic acids is 1. The minimum absolute atomic E-state index is 0.0561. The molecule has 178 valence electrons. The maximum atomic E-state index is 14.7. The predicted octanol–water partition coefficient (Wildman–Crippen LogP) is 2.62. The van der Waals surface area contributed by atoms with Crippen LogP contribution >= 0.6 is 0 Å². The molecule has 1 saturated heterocycles. The van der Waals surface area contributed by atoms with E-state index < -0.39 is 11.7 Å². The highest BCUT2D eigenvalue weighted by Crippen LogP contribution is 2.29. The molecule has 0 radical (unpaired) electrons. The van der Waals surface area contributed by atoms with Gasteiger partial charge in [-0.05, 0) is 25.3 Å². The molecule has 34 heavy (non-hydrogen) atoms. The number of amides is 1. The van der Waals surface area contributed by atoms with Gasteiger partial charge in [-0.15, -0.1) is 0 Å². The summed E-state index contributed by atoms with van der Waals surface area (Å²) in [6.45, 7) is 3.88. The van der Waals surface area contributed by atoms with Crippen molar-refractivity contribution in [2.45, 2.75) is 32.2 Å². The van der Waals surface area contributed by atoms with E-state index >= 15 is 0 Å². The van der Waals surface area contributed by atoms with E-state index in [-0.39, 0.29) is 34.7 Å². The number of ether oxygens (including phenoxy) is 1. The molecule has 1 fully saturated rings. The average molecular weight is 467 g/mol. The van der Waals surface area contributed by atoms with E-state index in [0.717, 1.165) is 37.6 Å². The van der Waals surface area contributed by atoms with Gasteiger partial charge in [-0.3, -0.25) is 14.8 Å². The number of rotatable bonds is 7. The molecular weight excluding hydrogens is 439 g/mol. The number of pyridine rings is 2. The van der Waals surface area contributed by atoms with Gasteiger partial charge >= 0.3 is 0 Å². The molecule has 10 nitrogen and oxygen atoms in total. The summed E-state index contributed by atoms with van der Waals surface area (Å²) in [5, 5.41) is 2.81. The van der Waals surface area contributed by atoms with Gasteiger partial charge in [0.25, 0.3) is 5.91 Å². The number of nitrogens with zero attached hydrogens (tertiary/aromatic N) is 5. The zero-order valence-electron chi connectivity index (χ0n) is 18.9. The molecule has 1 aliphatic rings. The first-order valence-electron chi connectivity index (χ1n) is 11.1. The molecule has 3 aromatic heterocycles. The van der Waals surface area contributed by atoms with Crippen LogP contribution in [0.3, 0.4) is 0 Å². The smallest absolute Gasteiger partial charge is 0.276 e. The summed E-state index contributed by atoms with van der Waals surface area (Å²) in [6, 6.07) is 2.92. The topological polar surface area (TPSA) is 145 Å². The Balaban J connectivity index is 1.62. The molecular formula is C23H27FN8O2. The normalized spacial score (nSPS) is 15.7. The third kappa shape index (κ3) is 5.20. The molecule has 11 heteroatoms. The van der Waals surface area contributed by atoms with E-state index in [1.54, 1.807) is 12.4 Å². The van der Waals surface area contributed by atoms with E-state index in [4.69, 9.17) is 16.2 Å². The number of nitrogen functional groups attached to an aromatic ring is 1. The highest BCUT2D eigenvalue weighted by atomic mass is 19.1. The molecule has 4 heterocycles. The van der Waals surface area contributed by atoms with Gasteiger partial charge in [0.05, 0.1) is 42.3 Å². The molecule has 0 aliphatic carbocycles. The third-order valence-corrected chi connectivity index (χ3v) is 5.37. The van der Waals surface area contributed by atoms with Gasteiger partial charge in [0.2, 0.25) is 5.88 Å². The Morgan fingerprint density at radius 1 is 1.29 bits per heavy atom. The first-order valence-corrected chi connectivity index (χ1v) is 11.1. The van der Waals surface area contributed by atoms with E-state index in [1.165, 1.54) is 12.4 Å². The molecule has 1 unspecified atom stereocenters. The Morgan fingerprint density at radius 3 is 2.94 bits per heavy atom. The van der Waals surface area contributed by atoms with Crippen molar-refractivity contribution in [3.05, 3.63) is 48.4 Å². The van der Waals surface area contributed by atoms with Gasteiger partial charge in [-0.2, -0.15) is 0 Å². The lowest BCUT2D eigenvalue weighted by Crippen LogP contribution is -2.43. The summed E-state index contributed by atoms with van der Waals surface area (Å²) in [5.41, 5.74) is 13.1. The quantitative estimate of drug-likeness (QED) is 0.478. The van der Waals surface area contributed by atoms with Gasteiger partial charge in [0.1, 0.15) is 11.4 Å². The molecule has 0 saturated carbocycles. The summed E-state index contributed by atoms with van der Waals surface area (Å²) in [7, 11) is 0. The zero-order valence-corrected chi connectivity index (χ0v) is 18.9. The van der Waals surface area contributed by atoms with Crippen LogP contribution in [0.2, 0.25) is 0 Å². The fraction of sp³-hybridized carbons (Fsp3) is 0.348. The molecule has 5 N–H and O–H groups in total. The molecule has 0 bridgehead atoms. The second-order valence-electron chi connectivity index (χ2n) is 8.04. The fourth-order valence-electron chi connectivity index (χ4n) is 3.77. The monoisotopic (exact) mass is 466 g/mol. The van der Waals surface area contributed by atoms with Crippen molar-refractivity contribution in [3.8, 4) is 17.3 Å². The summed E-state index contributed by atoms with van der Waals surface area (Å²) in [4.78, 5) is 31.8. The molecule has 4 rings (SSSR count). The van der Waals surface area contributed by atoms with Crippen molar-refractivity contribution in [3.63, 3.8) is 0 Å². The van der Waals surface area contributed by atoms with E-state index in [1.807, 2.05) is 13.0 Å². The van der Waals surface area contributed by atoms with Gasteiger partial charge in [-0.1, -0.05) is 6.92 Å². The first-order chi connectivity index (χ1) is 16.5. The van der Waals surface area contributed by atoms with Crippen LogP contribution in [0.25, 0.3) is 11.4 Å². The number of piperidine rings is 1. The van der Waals surface area contributed by atoms with Crippen molar-refractivity contribution >= 4 is 23.0 Å². The van der Waals surface area contributed by atoms with Crippen LogP contribution in [0.15, 0.2) is 36.9 Å². The lowest BCUT2D eigenvalue weighted by Gasteiger charge is -2.33. The summed E-state index contributed by atoms with van der Waals surface area (Å²) < 4.78 is 20.2. The van der Waals surface area contributed by atoms with Crippen molar-refractivity contribution < 1.29 is 13.9 Å². The van der Waals surface area contributed by atoms with Crippen molar-refractivity contribution in [1.82, 2.24) is 19.9 Å². The van der Waals surface area contributed by atoms with Crippen LogP contribution in [0.4, 0.5) is 21.5 Å².